The topological polar surface area (TPSA) is 125 Å². The van der Waals surface area contributed by atoms with Gasteiger partial charge in [-0.1, -0.05) is 0 Å². The lowest BCUT2D eigenvalue weighted by Crippen LogP contribution is -2.54. The molecule has 2 atom stereocenters. The molecule has 5 rings (SSSR count). The summed E-state index contributed by atoms with van der Waals surface area (Å²) >= 11 is 0. The molecule has 140 valence electrons. The highest BCUT2D eigenvalue weighted by Crippen LogP contribution is 2.55. The zero-order valence-electron chi connectivity index (χ0n) is 14.5. The molecular formula is C19H14N4O5. The third kappa shape index (κ3) is 1.61. The number of nitrogens with one attached hydrogen (secondary N) is 1. The molecule has 9 nitrogen and oxygen atoms in total. The van der Waals surface area contributed by atoms with Crippen molar-refractivity contribution < 1.29 is 24.0 Å². The number of aliphatic imine (C=N–C) groups is 2. The molecule has 1 fully saturated rings. The van der Waals surface area contributed by atoms with Gasteiger partial charge in [-0.3, -0.25) is 29.0 Å². The lowest BCUT2D eigenvalue weighted by Gasteiger charge is -2.41. The van der Waals surface area contributed by atoms with Gasteiger partial charge in [0.2, 0.25) is 5.54 Å². The predicted molar refractivity (Wildman–Crippen MR) is 95.7 cm³/mol. The molecule has 1 saturated carbocycles. The molecule has 9 heteroatoms. The van der Waals surface area contributed by atoms with Crippen LogP contribution in [0.1, 0.15) is 12.8 Å². The molecule has 28 heavy (non-hydrogen) atoms. The molecule has 0 aromatic rings. The number of dihydropyridines is 1. The number of allylic oxidation sites excluding steroid dienone is 2. The van der Waals surface area contributed by atoms with Crippen LogP contribution in [0.25, 0.3) is 0 Å². The van der Waals surface area contributed by atoms with Crippen molar-refractivity contribution in [3.63, 3.8) is 0 Å². The summed E-state index contributed by atoms with van der Waals surface area (Å²) < 4.78 is 0. The van der Waals surface area contributed by atoms with Crippen molar-refractivity contribution in [1.29, 1.82) is 0 Å². The van der Waals surface area contributed by atoms with Gasteiger partial charge in [-0.15, -0.1) is 0 Å². The first-order chi connectivity index (χ1) is 13.6. The van der Waals surface area contributed by atoms with Crippen LogP contribution in [0.15, 0.2) is 44.2 Å². The predicted octanol–water partition coefficient (Wildman–Crippen LogP) is -1.16. The summed E-state index contributed by atoms with van der Waals surface area (Å²) in [4.78, 5) is 70.4. The van der Waals surface area contributed by atoms with Gasteiger partial charge in [0.15, 0.2) is 30.7 Å². The average Bonchev–Trinajstić information content (AvgIpc) is 3.44. The van der Waals surface area contributed by atoms with Crippen molar-refractivity contribution in [3.8, 4) is 0 Å². The van der Waals surface area contributed by atoms with Gasteiger partial charge in [-0.25, -0.2) is 4.99 Å². The Labute approximate surface area is 158 Å². The second-order valence-electron chi connectivity index (χ2n) is 7.47. The molecule has 1 spiro atoms. The Morgan fingerprint density at radius 1 is 1.00 bits per heavy atom. The molecule has 2 unspecified atom stereocenters. The zero-order valence-corrected chi connectivity index (χ0v) is 14.5. The van der Waals surface area contributed by atoms with E-state index in [0.717, 1.165) is 12.8 Å². The molecule has 0 saturated heterocycles. The van der Waals surface area contributed by atoms with Crippen molar-refractivity contribution in [2.24, 2.45) is 9.98 Å². The first-order valence-electron chi connectivity index (χ1n) is 8.75. The quantitative estimate of drug-likeness (QED) is 0.598. The fourth-order valence-electron chi connectivity index (χ4n) is 4.56. The van der Waals surface area contributed by atoms with Crippen LogP contribution in [-0.2, 0) is 24.0 Å². The van der Waals surface area contributed by atoms with Gasteiger partial charge in [0.1, 0.15) is 12.0 Å². The van der Waals surface area contributed by atoms with E-state index in [-0.39, 0.29) is 28.0 Å². The summed E-state index contributed by atoms with van der Waals surface area (Å²) in [6, 6.07) is 0. The highest BCUT2D eigenvalue weighted by atomic mass is 16.1. The van der Waals surface area contributed by atoms with Crippen LogP contribution in [0.4, 0.5) is 0 Å². The Hall–Kier alpha value is -3.49. The summed E-state index contributed by atoms with van der Waals surface area (Å²) in [5.41, 5.74) is -3.16. The summed E-state index contributed by atoms with van der Waals surface area (Å²) in [6.45, 7) is 0.448. The fourth-order valence-corrected chi connectivity index (χ4v) is 4.56. The van der Waals surface area contributed by atoms with Crippen LogP contribution in [0, 0.1) is 0 Å². The van der Waals surface area contributed by atoms with E-state index in [4.69, 9.17) is 0 Å². The summed E-state index contributed by atoms with van der Waals surface area (Å²) in [7, 11) is 0. The lowest BCUT2D eigenvalue weighted by atomic mass is 9.70. The van der Waals surface area contributed by atoms with Gasteiger partial charge in [-0.05, 0) is 18.9 Å². The van der Waals surface area contributed by atoms with E-state index in [1.807, 2.05) is 4.90 Å². The fraction of sp³-hybridized carbons (Fsp3) is 0.316. The zero-order chi connectivity index (χ0) is 19.7. The minimum Gasteiger partial charge on any atom is -0.382 e. The molecule has 0 amide bonds. The molecule has 0 aromatic carbocycles. The van der Waals surface area contributed by atoms with Gasteiger partial charge in [0.25, 0.3) is 0 Å². The highest BCUT2D eigenvalue weighted by Gasteiger charge is 2.64. The minimum absolute atomic E-state index is 0.0740. The van der Waals surface area contributed by atoms with Crippen molar-refractivity contribution in [2.45, 2.75) is 29.5 Å². The maximum atomic E-state index is 12.3. The largest absolute Gasteiger partial charge is 0.382 e. The maximum absolute atomic E-state index is 12.3. The highest BCUT2D eigenvalue weighted by molar-refractivity contribution is 6.40. The Bertz CT molecular complexity index is 1040. The molecule has 3 heterocycles. The first kappa shape index (κ1) is 16.7. The van der Waals surface area contributed by atoms with Crippen LogP contribution >= 0.6 is 0 Å². The van der Waals surface area contributed by atoms with Gasteiger partial charge in [0.05, 0.1) is 23.3 Å². The van der Waals surface area contributed by atoms with Crippen LogP contribution in [0.5, 0.6) is 0 Å². The number of rotatable bonds is 5. The second kappa shape index (κ2) is 5.06. The molecule has 1 N–H and O–H groups in total. The molecule has 5 aliphatic rings. The van der Waals surface area contributed by atoms with Crippen molar-refractivity contribution >= 4 is 43.5 Å². The number of carbonyl (C=O) groups is 5. The number of carbonyl (C=O) groups excluding carboxylic acids is 5. The van der Waals surface area contributed by atoms with Gasteiger partial charge in [-0.2, -0.15) is 0 Å². The number of hydrogen-bond acceptors (Lipinski definition) is 9. The van der Waals surface area contributed by atoms with Crippen molar-refractivity contribution in [2.75, 3.05) is 6.54 Å². The number of nitrogens with zero attached hydrogens (tertiary/aromatic N) is 3. The Balaban J connectivity index is 1.96. The van der Waals surface area contributed by atoms with Crippen LogP contribution in [-0.4, -0.2) is 71.5 Å². The Kier molecular flexibility index (Phi) is 3.01. The third-order valence-electron chi connectivity index (χ3n) is 6.21. The van der Waals surface area contributed by atoms with Crippen molar-refractivity contribution in [3.05, 3.63) is 34.2 Å². The Morgan fingerprint density at radius 3 is 2.32 bits per heavy atom. The van der Waals surface area contributed by atoms with Crippen LogP contribution in [0.2, 0.25) is 0 Å². The van der Waals surface area contributed by atoms with Crippen LogP contribution < -0.4 is 5.32 Å². The maximum Gasteiger partial charge on any atom is 0.202 e. The van der Waals surface area contributed by atoms with E-state index in [9.17, 15) is 24.0 Å². The van der Waals surface area contributed by atoms with Gasteiger partial charge < -0.3 is 10.2 Å². The van der Waals surface area contributed by atoms with E-state index in [1.54, 1.807) is 0 Å². The summed E-state index contributed by atoms with van der Waals surface area (Å²) in [5.74, 6) is 0. The van der Waals surface area contributed by atoms with E-state index in [2.05, 4.69) is 15.3 Å². The molecule has 3 aliphatic heterocycles. The lowest BCUT2D eigenvalue weighted by molar-refractivity contribution is -0.113. The monoisotopic (exact) mass is 378 g/mol. The first-order valence-corrected chi connectivity index (χ1v) is 8.75. The molecule has 0 radical (unpaired) electrons. The molecule has 0 aromatic heterocycles. The van der Waals surface area contributed by atoms with E-state index in [0.29, 0.717) is 49.4 Å². The van der Waals surface area contributed by atoms with Crippen LogP contribution in [0.3, 0.4) is 0 Å². The Morgan fingerprint density at radius 2 is 1.75 bits per heavy atom. The molecular weight excluding hydrogens is 364 g/mol. The van der Waals surface area contributed by atoms with E-state index in [1.165, 1.54) is 12.4 Å². The number of hydrogen-bond donors (Lipinski definition) is 1. The SMILES string of the molecule is O=CC1=CC(C=O)=C2NCC3(CC3)N3C=NC4(C=O)C(C=O)=NC1(C=O)C2=C34. The standard InChI is InChI=1S/C19H14N4O5/c24-4-11-3-12(5-25)18(8-27)14-15(11)20-7-17(1-2-17)23-10-21-19(9-28,16(14)23)13(6-26)22-18/h3-6,8-10,20H,1-2,7H2. The summed E-state index contributed by atoms with van der Waals surface area (Å²) in [5, 5.41) is 3.22. The van der Waals surface area contributed by atoms with Gasteiger partial charge >= 0.3 is 0 Å². The molecule has 0 bridgehead atoms. The third-order valence-corrected chi connectivity index (χ3v) is 6.21. The van der Waals surface area contributed by atoms with E-state index < -0.39 is 11.1 Å². The van der Waals surface area contributed by atoms with Gasteiger partial charge in [0, 0.05) is 23.3 Å². The second-order valence-corrected chi connectivity index (χ2v) is 7.47. The van der Waals surface area contributed by atoms with E-state index >= 15 is 0 Å². The average molecular weight is 378 g/mol. The smallest absolute Gasteiger partial charge is 0.202 e. The normalized spacial score (nSPS) is 33.4. The summed E-state index contributed by atoms with van der Waals surface area (Å²) in [6.07, 6.45) is 6.81. The van der Waals surface area contributed by atoms with Crippen molar-refractivity contribution in [1.82, 2.24) is 10.2 Å². The number of aldehydes is 5. The number of fused-ring (bicyclic) bond motifs is 1. The minimum atomic E-state index is -1.82. The molecule has 2 aliphatic carbocycles.